The first-order valence-electron chi connectivity index (χ1n) is 8.49. The predicted molar refractivity (Wildman–Crippen MR) is 105 cm³/mol. The van der Waals surface area contributed by atoms with Crippen LogP contribution < -0.4 is 0 Å². The lowest BCUT2D eigenvalue weighted by atomic mass is 10.1. The van der Waals surface area contributed by atoms with Crippen LogP contribution in [0.25, 0.3) is 11.3 Å². The maximum atomic E-state index is 11.7. The van der Waals surface area contributed by atoms with E-state index < -0.39 is 0 Å². The van der Waals surface area contributed by atoms with Crippen molar-refractivity contribution in [1.29, 1.82) is 0 Å². The third-order valence-corrected chi connectivity index (χ3v) is 4.52. The molecule has 0 aliphatic carbocycles. The van der Waals surface area contributed by atoms with Crippen molar-refractivity contribution in [3.05, 3.63) is 60.2 Å². The van der Waals surface area contributed by atoms with Gasteiger partial charge in [0.05, 0.1) is 18.0 Å². The molecule has 0 amide bonds. The second-order valence-electron chi connectivity index (χ2n) is 5.66. The molecule has 0 spiro atoms. The highest BCUT2D eigenvalue weighted by Crippen LogP contribution is 2.39. The number of ether oxygens (including phenoxy) is 1. The zero-order valence-corrected chi connectivity index (χ0v) is 15.9. The van der Waals surface area contributed by atoms with E-state index in [0.717, 1.165) is 16.8 Å². The van der Waals surface area contributed by atoms with Crippen molar-refractivity contribution in [3.8, 4) is 11.3 Å². The monoisotopic (exact) mass is 381 g/mol. The van der Waals surface area contributed by atoms with Gasteiger partial charge in [-0.1, -0.05) is 64.9 Å². The van der Waals surface area contributed by atoms with Gasteiger partial charge in [-0.05, 0) is 26.0 Å². The molecular formula is C20H19N3O3S. The van der Waals surface area contributed by atoms with Gasteiger partial charge in [-0.2, -0.15) is 5.11 Å². The van der Waals surface area contributed by atoms with E-state index in [2.05, 4.69) is 15.4 Å². The van der Waals surface area contributed by atoms with Crippen LogP contribution in [0.3, 0.4) is 0 Å². The van der Waals surface area contributed by atoms with Gasteiger partial charge in [-0.3, -0.25) is 4.79 Å². The van der Waals surface area contributed by atoms with Crippen LogP contribution in [0, 0.1) is 6.92 Å². The number of aryl methyl sites for hydroxylation is 1. The van der Waals surface area contributed by atoms with Crippen molar-refractivity contribution >= 4 is 29.1 Å². The largest absolute Gasteiger partial charge is 0.465 e. The van der Waals surface area contributed by atoms with Crippen molar-refractivity contribution in [2.24, 2.45) is 10.2 Å². The molecule has 3 aromatic rings. The molecule has 27 heavy (non-hydrogen) atoms. The number of aromatic nitrogens is 1. The minimum Gasteiger partial charge on any atom is -0.465 e. The fraction of sp³-hybridized carbons (Fsp3) is 0.200. The average molecular weight is 381 g/mol. The summed E-state index contributed by atoms with van der Waals surface area (Å²) in [6, 6.07) is 17.3. The number of carbonyl (C=O) groups is 1. The molecule has 0 aliphatic rings. The highest BCUT2D eigenvalue weighted by atomic mass is 32.2. The Morgan fingerprint density at radius 2 is 1.85 bits per heavy atom. The molecular weight excluding hydrogens is 362 g/mol. The van der Waals surface area contributed by atoms with Crippen molar-refractivity contribution in [1.82, 2.24) is 5.16 Å². The molecule has 0 bridgehead atoms. The van der Waals surface area contributed by atoms with Crippen LogP contribution in [-0.2, 0) is 9.53 Å². The second kappa shape index (κ2) is 9.14. The quantitative estimate of drug-likeness (QED) is 0.297. The number of esters is 1. The van der Waals surface area contributed by atoms with Crippen LogP contribution in [0.1, 0.15) is 12.5 Å². The van der Waals surface area contributed by atoms with Crippen LogP contribution in [-0.4, -0.2) is 23.5 Å². The molecule has 0 radical (unpaired) electrons. The molecule has 138 valence electrons. The summed E-state index contributed by atoms with van der Waals surface area (Å²) < 4.78 is 10.4. The van der Waals surface area contributed by atoms with E-state index in [1.807, 2.05) is 61.5 Å². The lowest BCUT2D eigenvalue weighted by Crippen LogP contribution is -2.06. The van der Waals surface area contributed by atoms with Crippen LogP contribution in [0.5, 0.6) is 0 Å². The molecule has 0 atom stereocenters. The van der Waals surface area contributed by atoms with Crippen molar-refractivity contribution in [3.63, 3.8) is 0 Å². The number of carbonyl (C=O) groups excluding carboxylic acids is 1. The molecule has 0 unspecified atom stereocenters. The van der Waals surface area contributed by atoms with Crippen LogP contribution in [0.4, 0.5) is 11.4 Å². The van der Waals surface area contributed by atoms with Gasteiger partial charge in [0.2, 0.25) is 5.09 Å². The number of hydrogen-bond donors (Lipinski definition) is 0. The molecule has 0 saturated heterocycles. The van der Waals surface area contributed by atoms with E-state index in [9.17, 15) is 4.79 Å². The molecule has 0 aliphatic heterocycles. The summed E-state index contributed by atoms with van der Waals surface area (Å²) in [6.45, 7) is 4.12. The first kappa shape index (κ1) is 18.8. The van der Waals surface area contributed by atoms with E-state index in [1.54, 1.807) is 6.92 Å². The molecule has 2 aromatic carbocycles. The number of thioether (sulfide) groups is 1. The van der Waals surface area contributed by atoms with Crippen LogP contribution in [0.15, 0.2) is 74.4 Å². The van der Waals surface area contributed by atoms with E-state index in [1.165, 1.54) is 11.8 Å². The lowest BCUT2D eigenvalue weighted by Gasteiger charge is -2.00. The Hall–Kier alpha value is -2.93. The third kappa shape index (κ3) is 5.04. The number of benzene rings is 2. The lowest BCUT2D eigenvalue weighted by molar-refractivity contribution is -0.139. The van der Waals surface area contributed by atoms with Gasteiger partial charge >= 0.3 is 5.97 Å². The first-order chi connectivity index (χ1) is 13.2. The van der Waals surface area contributed by atoms with Crippen molar-refractivity contribution in [2.45, 2.75) is 18.9 Å². The van der Waals surface area contributed by atoms with Crippen LogP contribution in [0.2, 0.25) is 0 Å². The summed E-state index contributed by atoms with van der Waals surface area (Å²) in [6.07, 6.45) is 0. The topological polar surface area (TPSA) is 77.0 Å². The zero-order valence-electron chi connectivity index (χ0n) is 15.1. The number of azo groups is 1. The predicted octanol–water partition coefficient (Wildman–Crippen LogP) is 5.72. The molecule has 0 N–H and O–H groups in total. The van der Waals surface area contributed by atoms with E-state index in [-0.39, 0.29) is 11.7 Å². The summed E-state index contributed by atoms with van der Waals surface area (Å²) in [5.74, 6) is -0.203. The van der Waals surface area contributed by atoms with E-state index in [4.69, 9.17) is 9.26 Å². The Labute approximate surface area is 161 Å². The Bertz CT molecular complexity index is 921. The van der Waals surface area contributed by atoms with Gasteiger partial charge < -0.3 is 9.26 Å². The second-order valence-corrected chi connectivity index (χ2v) is 6.61. The van der Waals surface area contributed by atoms with Crippen LogP contribution >= 0.6 is 11.8 Å². The van der Waals surface area contributed by atoms with E-state index in [0.29, 0.717) is 23.1 Å². The molecule has 1 aromatic heterocycles. The maximum Gasteiger partial charge on any atom is 0.316 e. The highest BCUT2D eigenvalue weighted by molar-refractivity contribution is 8.00. The Kier molecular flexibility index (Phi) is 6.38. The van der Waals surface area contributed by atoms with Crippen molar-refractivity contribution in [2.75, 3.05) is 12.4 Å². The molecule has 1 heterocycles. The minimum atomic E-state index is -0.318. The van der Waals surface area contributed by atoms with Gasteiger partial charge in [0, 0.05) is 5.56 Å². The Balaban J connectivity index is 1.90. The first-order valence-corrected chi connectivity index (χ1v) is 9.48. The number of nitrogens with zero attached hydrogens (tertiary/aromatic N) is 3. The highest BCUT2D eigenvalue weighted by Gasteiger charge is 2.19. The average Bonchev–Trinajstić information content (AvgIpc) is 3.10. The van der Waals surface area contributed by atoms with Crippen molar-refractivity contribution < 1.29 is 14.1 Å². The molecule has 0 saturated carbocycles. The molecule has 3 rings (SSSR count). The summed E-state index contributed by atoms with van der Waals surface area (Å²) in [7, 11) is 0. The Morgan fingerprint density at radius 3 is 2.56 bits per heavy atom. The Morgan fingerprint density at radius 1 is 1.11 bits per heavy atom. The van der Waals surface area contributed by atoms with Gasteiger partial charge in [-0.15, -0.1) is 5.11 Å². The van der Waals surface area contributed by atoms with Gasteiger partial charge in [0.15, 0.2) is 5.69 Å². The molecule has 7 heteroatoms. The fourth-order valence-electron chi connectivity index (χ4n) is 2.28. The summed E-state index contributed by atoms with van der Waals surface area (Å²) in [4.78, 5) is 11.7. The van der Waals surface area contributed by atoms with E-state index >= 15 is 0 Å². The standard InChI is InChI=1S/C20H19N3O3S/c1-3-25-17(24)13-27-20-19(22-21-16-11-9-14(2)10-12-16)18(23-26-20)15-7-5-4-6-8-15/h4-12H,3,13H2,1-2H3. The number of rotatable bonds is 7. The third-order valence-electron chi connectivity index (χ3n) is 3.61. The normalized spacial score (nSPS) is 11.0. The number of hydrogen-bond acceptors (Lipinski definition) is 7. The summed E-state index contributed by atoms with van der Waals surface area (Å²) in [5.41, 5.74) is 3.81. The summed E-state index contributed by atoms with van der Waals surface area (Å²) in [5, 5.41) is 13.2. The smallest absolute Gasteiger partial charge is 0.316 e. The van der Waals surface area contributed by atoms with Gasteiger partial charge in [0.25, 0.3) is 0 Å². The minimum absolute atomic E-state index is 0.115. The fourth-order valence-corrected chi connectivity index (χ4v) is 2.98. The molecule has 0 fully saturated rings. The van der Waals surface area contributed by atoms with Gasteiger partial charge in [-0.25, -0.2) is 0 Å². The summed E-state index contributed by atoms with van der Waals surface area (Å²) >= 11 is 1.19. The zero-order chi connectivity index (χ0) is 19.1. The molecule has 6 nitrogen and oxygen atoms in total. The van der Waals surface area contributed by atoms with Gasteiger partial charge in [0.1, 0.15) is 5.69 Å². The maximum absolute atomic E-state index is 11.7. The SMILES string of the molecule is CCOC(=O)CSc1onc(-c2ccccc2)c1N=Nc1ccc(C)cc1.